The van der Waals surface area contributed by atoms with Gasteiger partial charge in [0, 0.05) is 13.2 Å². The van der Waals surface area contributed by atoms with Crippen LogP contribution in [0.25, 0.3) is 0 Å². The highest BCUT2D eigenvalue weighted by atomic mass is 16.5. The van der Waals surface area contributed by atoms with Gasteiger partial charge in [0.1, 0.15) is 5.60 Å². The molecule has 0 heterocycles. The average molecular weight is 251 g/mol. The summed E-state index contributed by atoms with van der Waals surface area (Å²) in [5, 5.41) is 10.4. The van der Waals surface area contributed by atoms with Crippen molar-refractivity contribution in [2.75, 3.05) is 19.8 Å². The topological polar surface area (TPSA) is 55.5 Å². The fourth-order valence-corrected chi connectivity index (χ4v) is 1.88. The minimum atomic E-state index is -1.06. The second-order valence-corrected chi connectivity index (χ2v) is 4.71. The van der Waals surface area contributed by atoms with E-state index < -0.39 is 5.60 Å². The summed E-state index contributed by atoms with van der Waals surface area (Å²) in [5.74, 6) is 0. The van der Waals surface area contributed by atoms with E-state index in [1.165, 1.54) is 19.3 Å². The molecule has 3 heteroatoms. The minimum Gasteiger partial charge on any atom is -0.381 e. The zero-order valence-electron chi connectivity index (χ0n) is 11.3. The quantitative estimate of drug-likeness (QED) is 0.663. The lowest BCUT2D eigenvalue weighted by Gasteiger charge is -2.26. The summed E-state index contributed by atoms with van der Waals surface area (Å²) in [7, 11) is 0. The molecule has 0 saturated carbocycles. The maximum atomic E-state index is 10.4. The number of ether oxygens (including phenoxy) is 1. The molecular formula is C15H25NO2. The molecule has 3 nitrogen and oxygen atoms in total. The molecule has 0 saturated heterocycles. The van der Waals surface area contributed by atoms with Gasteiger partial charge in [-0.3, -0.25) is 0 Å². The number of aliphatic hydroxyl groups is 1. The van der Waals surface area contributed by atoms with Gasteiger partial charge in [-0.25, -0.2) is 0 Å². The molecule has 1 atom stereocenters. The standard InChI is InChI=1S/C15H25NO2/c1-2-3-4-8-11-18-13-15(17,12-16)14-9-6-5-7-10-14/h5-7,9-10,17H,2-4,8,11-13,16H2,1H3. The lowest BCUT2D eigenvalue weighted by atomic mass is 9.95. The van der Waals surface area contributed by atoms with Gasteiger partial charge >= 0.3 is 0 Å². The van der Waals surface area contributed by atoms with Crippen LogP contribution >= 0.6 is 0 Å². The number of benzene rings is 1. The van der Waals surface area contributed by atoms with Crippen molar-refractivity contribution in [2.24, 2.45) is 5.73 Å². The van der Waals surface area contributed by atoms with E-state index in [4.69, 9.17) is 10.5 Å². The van der Waals surface area contributed by atoms with Crippen LogP contribution in [0.15, 0.2) is 30.3 Å². The van der Waals surface area contributed by atoms with Gasteiger partial charge in [-0.2, -0.15) is 0 Å². The van der Waals surface area contributed by atoms with Gasteiger partial charge in [0.25, 0.3) is 0 Å². The Labute approximate surface area is 110 Å². The van der Waals surface area contributed by atoms with Gasteiger partial charge in [0.05, 0.1) is 6.61 Å². The maximum Gasteiger partial charge on any atom is 0.125 e. The smallest absolute Gasteiger partial charge is 0.125 e. The van der Waals surface area contributed by atoms with Crippen molar-refractivity contribution < 1.29 is 9.84 Å². The minimum absolute atomic E-state index is 0.173. The first-order valence-electron chi connectivity index (χ1n) is 6.78. The molecule has 1 aromatic carbocycles. The first-order chi connectivity index (χ1) is 8.73. The number of unbranched alkanes of at least 4 members (excludes halogenated alkanes) is 3. The van der Waals surface area contributed by atoms with E-state index in [1.54, 1.807) is 0 Å². The molecule has 18 heavy (non-hydrogen) atoms. The largest absolute Gasteiger partial charge is 0.381 e. The molecule has 1 rings (SSSR count). The van der Waals surface area contributed by atoms with Crippen LogP contribution in [0.3, 0.4) is 0 Å². The van der Waals surface area contributed by atoms with Gasteiger partial charge in [0.15, 0.2) is 0 Å². The molecule has 0 amide bonds. The highest BCUT2D eigenvalue weighted by molar-refractivity contribution is 5.22. The normalized spacial score (nSPS) is 14.4. The van der Waals surface area contributed by atoms with Gasteiger partial charge in [0.2, 0.25) is 0 Å². The van der Waals surface area contributed by atoms with Crippen LogP contribution in [0, 0.1) is 0 Å². The Morgan fingerprint density at radius 2 is 1.89 bits per heavy atom. The highest BCUT2D eigenvalue weighted by Gasteiger charge is 2.27. The Morgan fingerprint density at radius 3 is 2.50 bits per heavy atom. The Balaban J connectivity index is 2.37. The molecule has 0 radical (unpaired) electrons. The molecule has 1 aromatic rings. The molecule has 0 aliphatic rings. The third-order valence-electron chi connectivity index (χ3n) is 3.13. The highest BCUT2D eigenvalue weighted by Crippen LogP contribution is 2.20. The van der Waals surface area contributed by atoms with Gasteiger partial charge < -0.3 is 15.6 Å². The number of hydrogen-bond acceptors (Lipinski definition) is 3. The van der Waals surface area contributed by atoms with Gasteiger partial charge in [-0.15, -0.1) is 0 Å². The van der Waals surface area contributed by atoms with Crippen LogP contribution in [0.5, 0.6) is 0 Å². The van der Waals surface area contributed by atoms with Crippen LogP contribution in [0.2, 0.25) is 0 Å². The number of hydrogen-bond donors (Lipinski definition) is 2. The van der Waals surface area contributed by atoms with Crippen molar-refractivity contribution in [3.05, 3.63) is 35.9 Å². The maximum absolute atomic E-state index is 10.4. The molecule has 0 fully saturated rings. The SMILES string of the molecule is CCCCCCOCC(O)(CN)c1ccccc1. The van der Waals surface area contributed by atoms with E-state index in [9.17, 15) is 5.11 Å². The van der Waals surface area contributed by atoms with Crippen LogP contribution in [-0.4, -0.2) is 24.9 Å². The van der Waals surface area contributed by atoms with E-state index in [1.807, 2.05) is 30.3 Å². The Hall–Kier alpha value is -0.900. The first kappa shape index (κ1) is 15.2. The molecule has 0 spiro atoms. The van der Waals surface area contributed by atoms with Gasteiger partial charge in [-0.05, 0) is 12.0 Å². The lowest BCUT2D eigenvalue weighted by Crippen LogP contribution is -2.39. The van der Waals surface area contributed by atoms with Crippen molar-refractivity contribution in [3.63, 3.8) is 0 Å². The number of nitrogens with two attached hydrogens (primary N) is 1. The Morgan fingerprint density at radius 1 is 1.17 bits per heavy atom. The second kappa shape index (κ2) is 8.25. The zero-order valence-corrected chi connectivity index (χ0v) is 11.3. The third-order valence-corrected chi connectivity index (χ3v) is 3.13. The van der Waals surface area contributed by atoms with E-state index in [0.717, 1.165) is 12.0 Å². The fourth-order valence-electron chi connectivity index (χ4n) is 1.88. The fraction of sp³-hybridized carbons (Fsp3) is 0.600. The predicted octanol–water partition coefficient (Wildman–Crippen LogP) is 2.43. The Bertz CT molecular complexity index is 316. The molecule has 0 aliphatic carbocycles. The van der Waals surface area contributed by atoms with Crippen LogP contribution < -0.4 is 5.73 Å². The molecular weight excluding hydrogens is 226 g/mol. The van der Waals surface area contributed by atoms with E-state index in [-0.39, 0.29) is 13.2 Å². The predicted molar refractivity (Wildman–Crippen MR) is 74.4 cm³/mol. The molecule has 0 aliphatic heterocycles. The van der Waals surface area contributed by atoms with Crippen LogP contribution in [0.1, 0.15) is 38.2 Å². The second-order valence-electron chi connectivity index (χ2n) is 4.71. The van der Waals surface area contributed by atoms with Crippen molar-refractivity contribution in [1.82, 2.24) is 0 Å². The van der Waals surface area contributed by atoms with Crippen LogP contribution in [-0.2, 0) is 10.3 Å². The van der Waals surface area contributed by atoms with Crippen LogP contribution in [0.4, 0.5) is 0 Å². The summed E-state index contributed by atoms with van der Waals surface area (Å²) in [4.78, 5) is 0. The molecule has 102 valence electrons. The molecule has 1 unspecified atom stereocenters. The van der Waals surface area contributed by atoms with Crippen molar-refractivity contribution in [3.8, 4) is 0 Å². The van der Waals surface area contributed by atoms with Crippen molar-refractivity contribution in [1.29, 1.82) is 0 Å². The molecule has 3 N–H and O–H groups in total. The summed E-state index contributed by atoms with van der Waals surface area (Å²) in [6.07, 6.45) is 4.69. The molecule has 0 bridgehead atoms. The summed E-state index contributed by atoms with van der Waals surface area (Å²) < 4.78 is 5.56. The number of rotatable bonds is 9. The zero-order chi connectivity index (χ0) is 13.3. The Kier molecular flexibility index (Phi) is 6.94. The summed E-state index contributed by atoms with van der Waals surface area (Å²) in [6, 6.07) is 9.49. The summed E-state index contributed by atoms with van der Waals surface area (Å²) >= 11 is 0. The van der Waals surface area contributed by atoms with E-state index in [2.05, 4.69) is 6.92 Å². The third kappa shape index (κ3) is 4.77. The van der Waals surface area contributed by atoms with Crippen molar-refractivity contribution in [2.45, 2.75) is 38.2 Å². The van der Waals surface area contributed by atoms with Crippen molar-refractivity contribution >= 4 is 0 Å². The van der Waals surface area contributed by atoms with E-state index in [0.29, 0.717) is 6.61 Å². The first-order valence-corrected chi connectivity index (χ1v) is 6.78. The average Bonchev–Trinajstić information content (AvgIpc) is 2.43. The monoisotopic (exact) mass is 251 g/mol. The summed E-state index contributed by atoms with van der Waals surface area (Å²) in [5.41, 5.74) is 5.43. The lowest BCUT2D eigenvalue weighted by molar-refractivity contribution is -0.0451. The van der Waals surface area contributed by atoms with Gasteiger partial charge in [-0.1, -0.05) is 56.5 Å². The van der Waals surface area contributed by atoms with E-state index >= 15 is 0 Å². The molecule has 0 aromatic heterocycles. The summed E-state index contributed by atoms with van der Waals surface area (Å²) in [6.45, 7) is 3.31.